The number of nitrogens with one attached hydrogen (secondary N) is 1. The third-order valence-corrected chi connectivity index (χ3v) is 2.15. The largest absolute Gasteiger partial charge is 0.367 e. The van der Waals surface area contributed by atoms with Gasteiger partial charge in [-0.2, -0.15) is 0 Å². The Hall–Kier alpha value is -1.29. The lowest BCUT2D eigenvalue weighted by Gasteiger charge is -2.24. The third kappa shape index (κ3) is 1.00. The SMILES string of the molecule is NC(=O)C1NCC2=CC=CCN21. The summed E-state index contributed by atoms with van der Waals surface area (Å²) in [6, 6.07) is 0. The maximum atomic E-state index is 10.9. The van der Waals surface area contributed by atoms with Crippen molar-refractivity contribution in [1.29, 1.82) is 0 Å². The molecule has 1 amide bonds. The Balaban J connectivity index is 2.20. The highest BCUT2D eigenvalue weighted by Crippen LogP contribution is 2.17. The number of primary amides is 1. The fourth-order valence-corrected chi connectivity index (χ4v) is 1.56. The molecule has 2 rings (SSSR count). The summed E-state index contributed by atoms with van der Waals surface area (Å²) in [5.41, 5.74) is 6.35. The molecule has 0 spiro atoms. The molecule has 2 aliphatic heterocycles. The molecule has 0 aromatic rings. The monoisotopic (exact) mass is 165 g/mol. The van der Waals surface area contributed by atoms with E-state index < -0.39 is 0 Å². The van der Waals surface area contributed by atoms with Crippen LogP contribution < -0.4 is 11.1 Å². The number of nitrogens with two attached hydrogens (primary N) is 1. The molecule has 1 saturated heterocycles. The Kier molecular flexibility index (Phi) is 1.62. The minimum atomic E-state index is -0.318. The van der Waals surface area contributed by atoms with Crippen molar-refractivity contribution in [2.45, 2.75) is 6.17 Å². The van der Waals surface area contributed by atoms with E-state index in [9.17, 15) is 4.79 Å². The summed E-state index contributed by atoms with van der Waals surface area (Å²) in [5.74, 6) is -0.311. The zero-order valence-corrected chi connectivity index (χ0v) is 6.66. The van der Waals surface area contributed by atoms with Crippen LogP contribution in [0.3, 0.4) is 0 Å². The van der Waals surface area contributed by atoms with E-state index in [4.69, 9.17) is 5.73 Å². The Labute approximate surface area is 70.7 Å². The van der Waals surface area contributed by atoms with Gasteiger partial charge in [-0.25, -0.2) is 0 Å². The molecule has 1 fully saturated rings. The van der Waals surface area contributed by atoms with Crippen LogP contribution in [-0.4, -0.2) is 30.1 Å². The number of hydrogen-bond acceptors (Lipinski definition) is 3. The second-order valence-corrected chi connectivity index (χ2v) is 2.92. The lowest BCUT2D eigenvalue weighted by Crippen LogP contribution is -2.46. The molecular weight excluding hydrogens is 154 g/mol. The van der Waals surface area contributed by atoms with Crippen LogP contribution >= 0.6 is 0 Å². The van der Waals surface area contributed by atoms with Gasteiger partial charge in [-0.15, -0.1) is 0 Å². The fourth-order valence-electron chi connectivity index (χ4n) is 1.56. The van der Waals surface area contributed by atoms with E-state index in [-0.39, 0.29) is 12.1 Å². The van der Waals surface area contributed by atoms with Crippen molar-refractivity contribution >= 4 is 5.91 Å². The van der Waals surface area contributed by atoms with Gasteiger partial charge < -0.3 is 10.6 Å². The number of rotatable bonds is 1. The maximum absolute atomic E-state index is 10.9. The molecule has 0 radical (unpaired) electrons. The Morgan fingerprint density at radius 3 is 3.33 bits per heavy atom. The third-order valence-electron chi connectivity index (χ3n) is 2.15. The Morgan fingerprint density at radius 1 is 1.75 bits per heavy atom. The topological polar surface area (TPSA) is 58.4 Å². The Morgan fingerprint density at radius 2 is 2.58 bits per heavy atom. The van der Waals surface area contributed by atoms with Crippen molar-refractivity contribution in [3.63, 3.8) is 0 Å². The van der Waals surface area contributed by atoms with Gasteiger partial charge in [0.2, 0.25) is 0 Å². The molecule has 0 aliphatic carbocycles. The molecule has 4 heteroatoms. The van der Waals surface area contributed by atoms with Gasteiger partial charge in [-0.3, -0.25) is 10.1 Å². The summed E-state index contributed by atoms with van der Waals surface area (Å²) in [6.07, 6.45) is 5.68. The summed E-state index contributed by atoms with van der Waals surface area (Å²) in [4.78, 5) is 12.9. The van der Waals surface area contributed by atoms with E-state index in [0.717, 1.165) is 18.8 Å². The number of carbonyl (C=O) groups excluding carboxylic acids is 1. The standard InChI is InChI=1S/C8H11N3O/c9-7(12)8-10-5-6-3-1-2-4-11(6)8/h1-3,8,10H,4-5H2,(H2,9,12). The van der Waals surface area contributed by atoms with Gasteiger partial charge >= 0.3 is 0 Å². The lowest BCUT2D eigenvalue weighted by atomic mass is 10.2. The van der Waals surface area contributed by atoms with Crippen LogP contribution in [0.4, 0.5) is 0 Å². The van der Waals surface area contributed by atoms with Crippen LogP contribution in [0.1, 0.15) is 0 Å². The summed E-state index contributed by atoms with van der Waals surface area (Å²) >= 11 is 0. The van der Waals surface area contributed by atoms with Crippen LogP contribution in [0.15, 0.2) is 23.9 Å². The van der Waals surface area contributed by atoms with Gasteiger partial charge in [0.1, 0.15) is 0 Å². The van der Waals surface area contributed by atoms with Crippen LogP contribution in [0, 0.1) is 0 Å². The van der Waals surface area contributed by atoms with Crippen LogP contribution in [0.25, 0.3) is 0 Å². The lowest BCUT2D eigenvalue weighted by molar-refractivity contribution is -0.122. The van der Waals surface area contributed by atoms with E-state index >= 15 is 0 Å². The number of hydrogen-bond donors (Lipinski definition) is 2. The average Bonchev–Trinajstić information content (AvgIpc) is 2.47. The first kappa shape index (κ1) is 7.36. The first-order valence-electron chi connectivity index (χ1n) is 3.94. The summed E-state index contributed by atoms with van der Waals surface area (Å²) in [5, 5.41) is 3.04. The Bertz CT molecular complexity index is 269. The van der Waals surface area contributed by atoms with Crippen LogP contribution in [-0.2, 0) is 4.79 Å². The first-order valence-corrected chi connectivity index (χ1v) is 3.94. The number of allylic oxidation sites excluding steroid dienone is 2. The minimum absolute atomic E-state index is 0.311. The molecule has 2 aliphatic rings. The fraction of sp³-hybridized carbons (Fsp3) is 0.375. The maximum Gasteiger partial charge on any atom is 0.255 e. The molecule has 0 saturated carbocycles. The minimum Gasteiger partial charge on any atom is -0.367 e. The zero-order valence-electron chi connectivity index (χ0n) is 6.66. The van der Waals surface area contributed by atoms with Crippen molar-refractivity contribution in [2.75, 3.05) is 13.1 Å². The molecule has 1 atom stereocenters. The zero-order chi connectivity index (χ0) is 8.55. The summed E-state index contributed by atoms with van der Waals surface area (Å²) in [7, 11) is 0. The molecular formula is C8H11N3O. The number of fused-ring (bicyclic) bond motifs is 1. The van der Waals surface area contributed by atoms with Gasteiger partial charge in [0.25, 0.3) is 5.91 Å². The number of amides is 1. The van der Waals surface area contributed by atoms with E-state index in [1.807, 2.05) is 23.1 Å². The molecule has 4 nitrogen and oxygen atoms in total. The molecule has 2 heterocycles. The van der Waals surface area contributed by atoms with Crippen LogP contribution in [0.5, 0.6) is 0 Å². The number of carbonyl (C=O) groups is 1. The second-order valence-electron chi connectivity index (χ2n) is 2.92. The highest BCUT2D eigenvalue weighted by molar-refractivity contribution is 5.80. The van der Waals surface area contributed by atoms with Crippen molar-refractivity contribution in [2.24, 2.45) is 5.73 Å². The molecule has 0 aromatic carbocycles. The number of nitrogens with zero attached hydrogens (tertiary/aromatic N) is 1. The predicted molar refractivity (Wildman–Crippen MR) is 44.9 cm³/mol. The molecule has 1 unspecified atom stereocenters. The van der Waals surface area contributed by atoms with E-state index in [1.165, 1.54) is 0 Å². The summed E-state index contributed by atoms with van der Waals surface area (Å²) < 4.78 is 0. The molecule has 0 bridgehead atoms. The molecule has 0 aromatic heterocycles. The molecule has 64 valence electrons. The quantitative estimate of drug-likeness (QED) is 0.532. The predicted octanol–water partition coefficient (Wildman–Crippen LogP) is -0.843. The van der Waals surface area contributed by atoms with Crippen molar-refractivity contribution in [3.05, 3.63) is 23.9 Å². The van der Waals surface area contributed by atoms with Gasteiger partial charge in [-0.1, -0.05) is 12.2 Å². The van der Waals surface area contributed by atoms with Gasteiger partial charge in [0, 0.05) is 18.8 Å². The van der Waals surface area contributed by atoms with Crippen molar-refractivity contribution in [1.82, 2.24) is 10.2 Å². The van der Waals surface area contributed by atoms with E-state index in [0.29, 0.717) is 0 Å². The summed E-state index contributed by atoms with van der Waals surface area (Å²) in [6.45, 7) is 1.50. The smallest absolute Gasteiger partial charge is 0.255 e. The van der Waals surface area contributed by atoms with Gasteiger partial charge in [0.15, 0.2) is 6.17 Å². The highest BCUT2D eigenvalue weighted by Gasteiger charge is 2.30. The highest BCUT2D eigenvalue weighted by atomic mass is 16.1. The van der Waals surface area contributed by atoms with Gasteiger partial charge in [0.05, 0.1) is 0 Å². The first-order chi connectivity index (χ1) is 5.79. The van der Waals surface area contributed by atoms with Crippen LogP contribution in [0.2, 0.25) is 0 Å². The average molecular weight is 165 g/mol. The normalized spacial score (nSPS) is 26.8. The molecule has 12 heavy (non-hydrogen) atoms. The van der Waals surface area contributed by atoms with E-state index in [2.05, 4.69) is 5.32 Å². The van der Waals surface area contributed by atoms with Crippen molar-refractivity contribution < 1.29 is 4.79 Å². The van der Waals surface area contributed by atoms with Crippen molar-refractivity contribution in [3.8, 4) is 0 Å². The molecule has 3 N–H and O–H groups in total. The van der Waals surface area contributed by atoms with E-state index in [1.54, 1.807) is 0 Å². The second kappa shape index (κ2) is 2.64. The van der Waals surface area contributed by atoms with Gasteiger partial charge in [-0.05, 0) is 6.08 Å².